The van der Waals surface area contributed by atoms with E-state index in [-0.39, 0.29) is 16.9 Å². The lowest BCUT2D eigenvalue weighted by atomic mass is 9.86. The van der Waals surface area contributed by atoms with Gasteiger partial charge in [0.25, 0.3) is 5.91 Å². The minimum absolute atomic E-state index is 0.207. The zero-order valence-corrected chi connectivity index (χ0v) is 26.0. The molecule has 2 aromatic heterocycles. The van der Waals surface area contributed by atoms with Crippen LogP contribution in [0, 0.1) is 6.92 Å². The lowest BCUT2D eigenvalue weighted by molar-refractivity contribution is 0.102. The highest BCUT2D eigenvalue weighted by molar-refractivity contribution is 7.92. The zero-order chi connectivity index (χ0) is 30.9. The van der Waals surface area contributed by atoms with Crippen LogP contribution in [0.15, 0.2) is 42.9 Å². The van der Waals surface area contributed by atoms with Gasteiger partial charge in [-0.05, 0) is 60.6 Å². The van der Waals surface area contributed by atoms with Crippen molar-refractivity contribution in [3.63, 3.8) is 0 Å². The first kappa shape index (κ1) is 30.0. The van der Waals surface area contributed by atoms with E-state index >= 15 is 0 Å². The van der Waals surface area contributed by atoms with Crippen LogP contribution in [0.2, 0.25) is 0 Å². The van der Waals surface area contributed by atoms with E-state index in [1.165, 1.54) is 13.4 Å². The Morgan fingerprint density at radius 3 is 2.40 bits per heavy atom. The van der Waals surface area contributed by atoms with Crippen LogP contribution in [0.4, 0.5) is 28.8 Å². The highest BCUT2D eigenvalue weighted by Crippen LogP contribution is 2.39. The third-order valence-electron chi connectivity index (χ3n) is 7.21. The average molecular weight is 605 g/mol. The Morgan fingerprint density at radius 1 is 1.00 bits per heavy atom. The molecule has 0 atom stereocenters. The van der Waals surface area contributed by atoms with E-state index in [1.807, 2.05) is 33.8 Å². The van der Waals surface area contributed by atoms with Crippen LogP contribution < -0.4 is 25.0 Å². The lowest BCUT2D eigenvalue weighted by Crippen LogP contribution is -2.20. The highest BCUT2D eigenvalue weighted by atomic mass is 32.2. The number of hydrogen-bond acceptors (Lipinski definition) is 10. The Bertz CT molecular complexity index is 1800. The Labute approximate surface area is 251 Å². The molecule has 3 heterocycles. The van der Waals surface area contributed by atoms with Crippen LogP contribution in [-0.2, 0) is 15.4 Å². The van der Waals surface area contributed by atoms with Gasteiger partial charge in [-0.2, -0.15) is 0 Å². The van der Waals surface area contributed by atoms with Gasteiger partial charge in [-0.3, -0.25) is 9.52 Å². The fourth-order valence-electron chi connectivity index (χ4n) is 4.88. The lowest BCUT2D eigenvalue weighted by Gasteiger charge is -2.24. The monoisotopic (exact) mass is 604 g/mol. The molecule has 226 valence electrons. The molecule has 13 heteroatoms. The summed E-state index contributed by atoms with van der Waals surface area (Å²) in [4.78, 5) is 33.7. The van der Waals surface area contributed by atoms with E-state index in [1.54, 1.807) is 30.5 Å². The minimum Gasteiger partial charge on any atom is -0.492 e. The number of nitrogens with zero attached hydrogens (tertiary/aromatic N) is 5. The first-order valence-corrected chi connectivity index (χ1v) is 15.8. The van der Waals surface area contributed by atoms with Crippen molar-refractivity contribution in [2.45, 2.75) is 46.0 Å². The maximum absolute atomic E-state index is 13.6. The molecule has 1 amide bonds. The van der Waals surface area contributed by atoms with E-state index in [0.717, 1.165) is 43.3 Å². The number of methoxy groups -OCH3 is 1. The van der Waals surface area contributed by atoms with Crippen LogP contribution in [-0.4, -0.2) is 60.7 Å². The average Bonchev–Trinajstić information content (AvgIpc) is 3.48. The number of ether oxygens (including phenoxy) is 1. The molecule has 12 nitrogen and oxygen atoms in total. The number of amides is 1. The number of anilines is 5. The molecule has 4 aromatic rings. The SMILES string of the molecule is COc1c(NC(=O)c2ccc(C)c(Nc3ncnc4cnc(N5CCCC5)nc34)c2)cc(C(C)(C)C)cc1NS(C)(=O)=O. The van der Waals surface area contributed by atoms with Gasteiger partial charge in [0.05, 0.1) is 30.9 Å². The second-order valence-electron chi connectivity index (χ2n) is 11.7. The summed E-state index contributed by atoms with van der Waals surface area (Å²) in [5.74, 6) is 0.954. The standard InChI is InChI=1S/C30H36N8O4S/c1-18-9-10-19(28(39)35-22-14-20(30(2,3)4)15-23(26(22)42-5)37-43(6,40)41)13-21(18)34-27-25-24(32-17-33-27)16-31-29(36-25)38-11-7-8-12-38/h9-10,13-17,37H,7-8,11-12H2,1-6H3,(H,35,39)(H,32,33,34). The smallest absolute Gasteiger partial charge is 0.255 e. The van der Waals surface area contributed by atoms with Gasteiger partial charge in [0.2, 0.25) is 16.0 Å². The quantitative estimate of drug-likeness (QED) is 0.251. The van der Waals surface area contributed by atoms with E-state index in [0.29, 0.717) is 39.7 Å². The van der Waals surface area contributed by atoms with E-state index in [2.05, 4.69) is 35.2 Å². The van der Waals surface area contributed by atoms with Gasteiger partial charge in [-0.15, -0.1) is 0 Å². The Morgan fingerprint density at radius 2 is 1.72 bits per heavy atom. The molecule has 1 aliphatic rings. The predicted molar refractivity (Wildman–Crippen MR) is 169 cm³/mol. The zero-order valence-electron chi connectivity index (χ0n) is 25.1. The maximum atomic E-state index is 13.6. The van der Waals surface area contributed by atoms with Crippen LogP contribution in [0.25, 0.3) is 11.0 Å². The van der Waals surface area contributed by atoms with Crippen LogP contribution in [0.3, 0.4) is 0 Å². The molecule has 0 aliphatic carbocycles. The summed E-state index contributed by atoms with van der Waals surface area (Å²) in [6, 6.07) is 8.80. The second kappa shape index (κ2) is 11.6. The van der Waals surface area contributed by atoms with E-state index in [4.69, 9.17) is 9.72 Å². The van der Waals surface area contributed by atoms with Gasteiger partial charge in [-0.25, -0.2) is 28.4 Å². The minimum atomic E-state index is -3.61. The van der Waals surface area contributed by atoms with Crippen molar-refractivity contribution in [1.29, 1.82) is 0 Å². The Balaban J connectivity index is 1.47. The molecule has 1 saturated heterocycles. The van der Waals surface area contributed by atoms with Crippen molar-refractivity contribution in [3.05, 3.63) is 59.5 Å². The largest absolute Gasteiger partial charge is 0.492 e. The molecule has 1 fully saturated rings. The second-order valence-corrected chi connectivity index (χ2v) is 13.4. The highest BCUT2D eigenvalue weighted by Gasteiger charge is 2.23. The fourth-order valence-corrected chi connectivity index (χ4v) is 5.43. The molecule has 0 unspecified atom stereocenters. The summed E-state index contributed by atoms with van der Waals surface area (Å²) < 4.78 is 32.2. The van der Waals surface area contributed by atoms with Crippen molar-refractivity contribution in [3.8, 4) is 5.75 Å². The number of rotatable bonds is 8. The molecular weight excluding hydrogens is 568 g/mol. The Hall–Kier alpha value is -4.52. The van der Waals surface area contributed by atoms with Crippen molar-refractivity contribution in [2.24, 2.45) is 0 Å². The summed E-state index contributed by atoms with van der Waals surface area (Å²) in [6.07, 6.45) is 6.43. The number of benzene rings is 2. The summed E-state index contributed by atoms with van der Waals surface area (Å²) in [7, 11) is -2.18. The number of carbonyl (C=O) groups is 1. The number of hydrogen-bond donors (Lipinski definition) is 3. The molecule has 3 N–H and O–H groups in total. The van der Waals surface area contributed by atoms with Crippen molar-refractivity contribution >= 4 is 55.8 Å². The number of fused-ring (bicyclic) bond motifs is 1. The van der Waals surface area contributed by atoms with Gasteiger partial charge in [0.15, 0.2) is 11.6 Å². The maximum Gasteiger partial charge on any atom is 0.255 e. The first-order chi connectivity index (χ1) is 20.3. The molecule has 43 heavy (non-hydrogen) atoms. The molecule has 0 spiro atoms. The van der Waals surface area contributed by atoms with Crippen molar-refractivity contribution < 1.29 is 17.9 Å². The summed E-state index contributed by atoms with van der Waals surface area (Å²) in [5.41, 5.74) is 4.19. The van der Waals surface area contributed by atoms with E-state index < -0.39 is 15.9 Å². The Kier molecular flexibility index (Phi) is 8.10. The molecular formula is C30H36N8O4S. The van der Waals surface area contributed by atoms with Crippen LogP contribution in [0.5, 0.6) is 5.75 Å². The third-order valence-corrected chi connectivity index (χ3v) is 7.80. The molecule has 0 saturated carbocycles. The summed E-state index contributed by atoms with van der Waals surface area (Å²) in [6.45, 7) is 9.74. The van der Waals surface area contributed by atoms with Gasteiger partial charge in [0, 0.05) is 24.3 Å². The molecule has 5 rings (SSSR count). The van der Waals surface area contributed by atoms with Crippen molar-refractivity contribution in [2.75, 3.05) is 46.7 Å². The fraction of sp³-hybridized carbons (Fsp3) is 0.367. The topological polar surface area (TPSA) is 151 Å². The number of carbonyl (C=O) groups excluding carboxylic acids is 1. The number of sulfonamides is 1. The number of aromatic nitrogens is 4. The van der Waals surface area contributed by atoms with Gasteiger partial charge in [-0.1, -0.05) is 26.8 Å². The number of aryl methyl sites for hydroxylation is 1. The van der Waals surface area contributed by atoms with Gasteiger partial charge in [0.1, 0.15) is 17.4 Å². The normalized spacial score (nSPS) is 13.7. The van der Waals surface area contributed by atoms with E-state index in [9.17, 15) is 13.2 Å². The van der Waals surface area contributed by atoms with Crippen LogP contribution in [0.1, 0.15) is 55.1 Å². The van der Waals surface area contributed by atoms with Crippen molar-refractivity contribution in [1.82, 2.24) is 19.9 Å². The van der Waals surface area contributed by atoms with Gasteiger partial charge < -0.3 is 20.3 Å². The molecule has 1 aliphatic heterocycles. The number of nitrogens with one attached hydrogen (secondary N) is 3. The molecule has 0 bridgehead atoms. The summed E-state index contributed by atoms with van der Waals surface area (Å²) >= 11 is 0. The summed E-state index contributed by atoms with van der Waals surface area (Å²) in [5, 5.41) is 6.25. The third kappa shape index (κ3) is 6.77. The van der Waals surface area contributed by atoms with Crippen LogP contribution >= 0.6 is 0 Å². The first-order valence-electron chi connectivity index (χ1n) is 13.9. The predicted octanol–water partition coefficient (Wildman–Crippen LogP) is 5.00. The molecule has 2 aromatic carbocycles. The molecule has 0 radical (unpaired) electrons. The van der Waals surface area contributed by atoms with Gasteiger partial charge >= 0.3 is 0 Å².